The van der Waals surface area contributed by atoms with Gasteiger partial charge < -0.3 is 29.7 Å². The van der Waals surface area contributed by atoms with Crippen molar-refractivity contribution in [3.63, 3.8) is 0 Å². The third kappa shape index (κ3) is 6.42. The smallest absolute Gasteiger partial charge is 0.313 e. The average Bonchev–Trinajstić information content (AvgIpc) is 3.88. The second-order valence-corrected chi connectivity index (χ2v) is 13.2. The van der Waals surface area contributed by atoms with Crippen LogP contribution in [0.3, 0.4) is 0 Å². The van der Waals surface area contributed by atoms with Crippen molar-refractivity contribution in [2.24, 2.45) is 11.8 Å². The zero-order valence-electron chi connectivity index (χ0n) is 28.2. The summed E-state index contributed by atoms with van der Waals surface area (Å²) in [5, 5.41) is 21.2. The van der Waals surface area contributed by atoms with Gasteiger partial charge in [0.15, 0.2) is 0 Å². The Morgan fingerprint density at radius 1 is 1.16 bits per heavy atom. The van der Waals surface area contributed by atoms with Gasteiger partial charge in [-0.2, -0.15) is 0 Å². The van der Waals surface area contributed by atoms with Gasteiger partial charge in [0.25, 0.3) is 0 Å². The van der Waals surface area contributed by atoms with Crippen molar-refractivity contribution in [1.29, 1.82) is 0 Å². The highest BCUT2D eigenvalue weighted by molar-refractivity contribution is 5.98. The number of nitrogens with one attached hydrogen (secondary N) is 1. The molecule has 2 bridgehead atoms. The van der Waals surface area contributed by atoms with Gasteiger partial charge in [-0.05, 0) is 50.3 Å². The van der Waals surface area contributed by atoms with Crippen LogP contribution in [0.15, 0.2) is 79.9 Å². The Kier molecular flexibility index (Phi) is 10.4. The van der Waals surface area contributed by atoms with Crippen LogP contribution in [0.1, 0.15) is 50.7 Å². The Morgan fingerprint density at radius 3 is 2.66 bits per heavy atom. The molecule has 1 spiro atoms. The quantitative estimate of drug-likeness (QED) is 0.171. The van der Waals surface area contributed by atoms with Crippen LogP contribution >= 0.6 is 0 Å². The lowest BCUT2D eigenvalue weighted by atomic mass is 9.70. The molecule has 2 aromatic carbocycles. The monoisotopic (exact) mass is 684 g/mol. The molecule has 3 saturated heterocycles. The van der Waals surface area contributed by atoms with Crippen molar-refractivity contribution in [3.05, 3.63) is 85.5 Å². The minimum atomic E-state index is -1.27. The molecular formula is C37H44N6O7. The van der Waals surface area contributed by atoms with Crippen molar-refractivity contribution < 1.29 is 33.8 Å². The van der Waals surface area contributed by atoms with Gasteiger partial charge in [-0.3, -0.25) is 19.2 Å². The fraction of sp³-hybridized carbons (Fsp3) is 0.459. The summed E-state index contributed by atoms with van der Waals surface area (Å²) in [6.07, 6.45) is 3.65. The number of para-hydroxylation sites is 1. The van der Waals surface area contributed by atoms with Crippen LogP contribution in [-0.4, -0.2) is 97.1 Å². The molecule has 3 fully saturated rings. The van der Waals surface area contributed by atoms with Gasteiger partial charge >= 0.3 is 5.97 Å². The molecule has 4 heterocycles. The second kappa shape index (κ2) is 14.9. The minimum absolute atomic E-state index is 0.0503. The number of aliphatic hydroxyl groups is 1. The van der Waals surface area contributed by atoms with Crippen LogP contribution in [-0.2, 0) is 35.3 Å². The van der Waals surface area contributed by atoms with Crippen molar-refractivity contribution in [1.82, 2.24) is 30.1 Å². The molecule has 0 aliphatic carbocycles. The van der Waals surface area contributed by atoms with E-state index >= 15 is 0 Å². The lowest BCUT2D eigenvalue weighted by Gasteiger charge is -2.36. The number of ether oxygens (including phenoxy) is 2. The van der Waals surface area contributed by atoms with Crippen LogP contribution in [0.25, 0.3) is 11.0 Å². The predicted molar refractivity (Wildman–Crippen MR) is 183 cm³/mol. The number of benzene rings is 2. The molecular weight excluding hydrogens is 640 g/mol. The fourth-order valence-corrected chi connectivity index (χ4v) is 7.85. The summed E-state index contributed by atoms with van der Waals surface area (Å²) < 4.78 is 14.4. The second-order valence-electron chi connectivity index (χ2n) is 13.2. The Hall–Kier alpha value is -4.88. The maximum atomic E-state index is 14.7. The van der Waals surface area contributed by atoms with E-state index in [4.69, 9.17) is 9.47 Å². The van der Waals surface area contributed by atoms with E-state index in [1.165, 1.54) is 4.90 Å². The lowest BCUT2D eigenvalue weighted by Crippen LogP contribution is -2.56. The summed E-state index contributed by atoms with van der Waals surface area (Å²) >= 11 is 0. The molecule has 0 unspecified atom stereocenters. The predicted octanol–water partition coefficient (Wildman–Crippen LogP) is 2.92. The molecule has 3 aliphatic rings. The highest BCUT2D eigenvalue weighted by atomic mass is 16.6. The van der Waals surface area contributed by atoms with Crippen molar-refractivity contribution in [2.45, 2.75) is 75.6 Å². The number of likely N-dealkylation sites (tertiary alicyclic amines) is 1. The summed E-state index contributed by atoms with van der Waals surface area (Å²) in [7, 11) is 0. The molecule has 264 valence electrons. The Labute approximate surface area is 290 Å². The number of allylic oxidation sites excluding steroid dienone is 1. The van der Waals surface area contributed by atoms with Crippen LogP contribution in [0.2, 0.25) is 0 Å². The van der Waals surface area contributed by atoms with E-state index in [1.807, 2.05) is 54.6 Å². The van der Waals surface area contributed by atoms with E-state index in [0.29, 0.717) is 30.3 Å². The summed E-state index contributed by atoms with van der Waals surface area (Å²) in [5.74, 6) is -3.51. The maximum Gasteiger partial charge on any atom is 0.313 e. The number of carbonyl (C=O) groups excluding carboxylic acids is 4. The summed E-state index contributed by atoms with van der Waals surface area (Å²) in [6, 6.07) is 14.9. The number of fused-ring (bicyclic) bond motifs is 2. The van der Waals surface area contributed by atoms with E-state index in [9.17, 15) is 24.3 Å². The largest absolute Gasteiger partial charge is 0.455 e. The first-order valence-electron chi connectivity index (χ1n) is 17.2. The SMILES string of the molecule is C=CCCC(=O)N[C@H](C)[C@@H](OC(=O)[C@@H]1[C@H]2C(=O)N(CCCO)[C@H](C(=O)N(CC=C)Cn3nnc4ccccc43)[C@]23CC[C@H]1O3)c1ccccc1. The molecule has 3 aliphatic heterocycles. The molecule has 6 rings (SSSR count). The fourth-order valence-electron chi connectivity index (χ4n) is 7.85. The van der Waals surface area contributed by atoms with Crippen LogP contribution in [0.4, 0.5) is 0 Å². The van der Waals surface area contributed by atoms with Gasteiger partial charge in [0.2, 0.25) is 17.7 Å². The number of amides is 3. The van der Waals surface area contributed by atoms with Gasteiger partial charge in [-0.1, -0.05) is 59.8 Å². The number of aromatic nitrogens is 3. The number of esters is 1. The molecule has 7 atom stereocenters. The number of carbonyl (C=O) groups is 4. The molecule has 50 heavy (non-hydrogen) atoms. The topological polar surface area (TPSA) is 156 Å². The highest BCUT2D eigenvalue weighted by Gasteiger charge is 2.75. The van der Waals surface area contributed by atoms with E-state index in [0.717, 1.165) is 5.52 Å². The lowest BCUT2D eigenvalue weighted by molar-refractivity contribution is -0.162. The molecule has 13 nitrogen and oxygen atoms in total. The van der Waals surface area contributed by atoms with Crippen molar-refractivity contribution >= 4 is 34.7 Å². The number of nitrogens with zero attached hydrogens (tertiary/aromatic N) is 5. The zero-order chi connectivity index (χ0) is 35.4. The number of hydrogen-bond donors (Lipinski definition) is 2. The third-order valence-electron chi connectivity index (χ3n) is 10.0. The summed E-state index contributed by atoms with van der Waals surface area (Å²) in [6.45, 7) is 9.43. The molecule has 1 aromatic heterocycles. The third-order valence-corrected chi connectivity index (χ3v) is 10.0. The van der Waals surface area contributed by atoms with E-state index < -0.39 is 47.7 Å². The normalized spacial score (nSPS) is 24.8. The molecule has 0 saturated carbocycles. The molecule has 2 N–H and O–H groups in total. The summed E-state index contributed by atoms with van der Waals surface area (Å²) in [5.41, 5.74) is 0.836. The van der Waals surface area contributed by atoms with Crippen molar-refractivity contribution in [2.75, 3.05) is 19.7 Å². The van der Waals surface area contributed by atoms with Crippen LogP contribution < -0.4 is 5.32 Å². The van der Waals surface area contributed by atoms with Gasteiger partial charge in [0.05, 0.1) is 29.5 Å². The number of aliphatic hydroxyl groups excluding tert-OH is 1. The van der Waals surface area contributed by atoms with Crippen LogP contribution in [0, 0.1) is 11.8 Å². The molecule has 3 aromatic rings. The van der Waals surface area contributed by atoms with E-state index in [1.54, 1.807) is 28.7 Å². The maximum absolute atomic E-state index is 14.7. The number of rotatable bonds is 16. The van der Waals surface area contributed by atoms with Gasteiger partial charge in [0.1, 0.15) is 29.9 Å². The Morgan fingerprint density at radius 2 is 1.92 bits per heavy atom. The Balaban J connectivity index is 1.29. The summed E-state index contributed by atoms with van der Waals surface area (Å²) in [4.78, 5) is 59.0. The van der Waals surface area contributed by atoms with Gasteiger partial charge in [-0.15, -0.1) is 18.3 Å². The molecule has 0 radical (unpaired) electrons. The first-order chi connectivity index (χ1) is 24.2. The van der Waals surface area contributed by atoms with E-state index in [2.05, 4.69) is 28.8 Å². The minimum Gasteiger partial charge on any atom is -0.455 e. The zero-order valence-corrected chi connectivity index (χ0v) is 28.2. The van der Waals surface area contributed by atoms with Gasteiger partial charge in [-0.25, -0.2) is 4.68 Å². The molecule has 3 amide bonds. The highest BCUT2D eigenvalue weighted by Crippen LogP contribution is 2.59. The first-order valence-corrected chi connectivity index (χ1v) is 17.2. The van der Waals surface area contributed by atoms with Crippen molar-refractivity contribution in [3.8, 4) is 0 Å². The standard InChI is InChI=1S/C37H44N6O7/c1-4-6-17-29(45)38-24(3)32(25-13-8-7-9-14-25)49-36(48)30-28-18-19-37(50-28)31(30)34(46)42(21-12-22-44)33(37)35(47)41(20-5-2)23-43-27-16-11-10-15-26(27)39-40-43/h4-5,7-11,13-16,24,28,30-33,44H,1-2,6,12,17-23H2,3H3,(H,38,45)/t24-,28-,30+,31+,32-,33-,37+/m1/s1. The van der Waals surface area contributed by atoms with Gasteiger partial charge in [0, 0.05) is 26.1 Å². The van der Waals surface area contributed by atoms with Crippen LogP contribution in [0.5, 0.6) is 0 Å². The number of hydrogen-bond acceptors (Lipinski definition) is 9. The average molecular weight is 685 g/mol. The first kappa shape index (κ1) is 35.0. The molecule has 13 heteroatoms. The van der Waals surface area contributed by atoms with E-state index in [-0.39, 0.29) is 56.9 Å². The Bertz CT molecular complexity index is 1750.